The van der Waals surface area contributed by atoms with Crippen molar-refractivity contribution < 1.29 is 4.39 Å². The van der Waals surface area contributed by atoms with Crippen LogP contribution >= 0.6 is 11.6 Å². The number of rotatable bonds is 4. The van der Waals surface area contributed by atoms with Crippen LogP contribution in [0.15, 0.2) is 18.2 Å². The fraction of sp³-hybridized carbons (Fsp3) is 0.684. The molecule has 1 saturated carbocycles. The SMILES string of the molecule is C[C@@H]1CN(CC[C@H]2CC[C@H](N)CC2)CCN1c1cccc(F)c1Cl. The van der Waals surface area contributed by atoms with Gasteiger partial charge in [0.05, 0.1) is 10.7 Å². The Morgan fingerprint density at radius 1 is 1.21 bits per heavy atom. The minimum absolute atomic E-state index is 0.247. The first-order valence-electron chi connectivity index (χ1n) is 9.23. The lowest BCUT2D eigenvalue weighted by Gasteiger charge is -2.42. The summed E-state index contributed by atoms with van der Waals surface area (Å²) in [4.78, 5) is 4.78. The summed E-state index contributed by atoms with van der Waals surface area (Å²) in [5.74, 6) is 0.509. The Bertz CT molecular complexity index is 545. The fourth-order valence-corrected chi connectivity index (χ4v) is 4.38. The molecule has 134 valence electrons. The van der Waals surface area contributed by atoms with Crippen LogP contribution in [0.2, 0.25) is 5.02 Å². The van der Waals surface area contributed by atoms with Gasteiger partial charge in [-0.15, -0.1) is 0 Å². The Kier molecular flexibility index (Phi) is 6.01. The first kappa shape index (κ1) is 18.0. The minimum atomic E-state index is -0.334. The van der Waals surface area contributed by atoms with Crippen molar-refractivity contribution in [2.24, 2.45) is 11.7 Å². The third kappa shape index (κ3) is 4.22. The van der Waals surface area contributed by atoms with Gasteiger partial charge in [-0.2, -0.15) is 0 Å². The molecule has 2 N–H and O–H groups in total. The minimum Gasteiger partial charge on any atom is -0.365 e. The summed E-state index contributed by atoms with van der Waals surface area (Å²) in [7, 11) is 0. The average Bonchev–Trinajstić information content (AvgIpc) is 2.57. The second-order valence-corrected chi connectivity index (χ2v) is 7.86. The topological polar surface area (TPSA) is 32.5 Å². The zero-order valence-corrected chi connectivity index (χ0v) is 15.3. The van der Waals surface area contributed by atoms with E-state index in [0.29, 0.717) is 12.1 Å². The van der Waals surface area contributed by atoms with Crippen LogP contribution in [0.3, 0.4) is 0 Å². The molecule has 0 bridgehead atoms. The lowest BCUT2D eigenvalue weighted by atomic mass is 9.84. The molecule has 2 aliphatic rings. The predicted molar refractivity (Wildman–Crippen MR) is 99.2 cm³/mol. The molecule has 3 rings (SSSR count). The van der Waals surface area contributed by atoms with Gasteiger partial charge in [0.15, 0.2) is 0 Å². The molecule has 1 aromatic carbocycles. The quantitative estimate of drug-likeness (QED) is 0.891. The van der Waals surface area contributed by atoms with Crippen molar-refractivity contribution in [3.63, 3.8) is 0 Å². The number of hydrogen-bond acceptors (Lipinski definition) is 3. The molecule has 1 saturated heterocycles. The molecule has 5 heteroatoms. The molecule has 0 aromatic heterocycles. The van der Waals surface area contributed by atoms with Gasteiger partial charge in [0, 0.05) is 31.7 Å². The highest BCUT2D eigenvalue weighted by Crippen LogP contribution is 2.31. The van der Waals surface area contributed by atoms with Crippen molar-refractivity contribution in [1.82, 2.24) is 4.90 Å². The van der Waals surface area contributed by atoms with Gasteiger partial charge in [0.2, 0.25) is 0 Å². The van der Waals surface area contributed by atoms with Crippen LogP contribution < -0.4 is 10.6 Å². The number of halogens is 2. The number of hydrogen-bond donors (Lipinski definition) is 1. The maximum absolute atomic E-state index is 13.7. The van der Waals surface area contributed by atoms with E-state index in [4.69, 9.17) is 17.3 Å². The van der Waals surface area contributed by atoms with Crippen molar-refractivity contribution >= 4 is 17.3 Å². The highest BCUT2D eigenvalue weighted by Gasteiger charge is 2.27. The highest BCUT2D eigenvalue weighted by atomic mass is 35.5. The Morgan fingerprint density at radius 3 is 2.67 bits per heavy atom. The third-order valence-electron chi connectivity index (χ3n) is 5.70. The monoisotopic (exact) mass is 353 g/mol. The van der Waals surface area contributed by atoms with Gasteiger partial charge in [0.25, 0.3) is 0 Å². The van der Waals surface area contributed by atoms with Crippen LogP contribution in [0.25, 0.3) is 0 Å². The van der Waals surface area contributed by atoms with Gasteiger partial charge in [-0.25, -0.2) is 4.39 Å². The summed E-state index contributed by atoms with van der Waals surface area (Å²) in [6, 6.07) is 5.85. The summed E-state index contributed by atoms with van der Waals surface area (Å²) in [5.41, 5.74) is 6.82. The maximum Gasteiger partial charge on any atom is 0.143 e. The van der Waals surface area contributed by atoms with Crippen LogP contribution in [0.1, 0.15) is 39.0 Å². The molecule has 1 aliphatic carbocycles. The normalized spacial score (nSPS) is 29.0. The van der Waals surface area contributed by atoms with Crippen LogP contribution in [-0.2, 0) is 0 Å². The molecule has 0 unspecified atom stereocenters. The molecular weight excluding hydrogens is 325 g/mol. The molecule has 2 fully saturated rings. The number of nitrogens with zero attached hydrogens (tertiary/aromatic N) is 2. The van der Waals surface area contributed by atoms with E-state index in [0.717, 1.165) is 37.8 Å². The molecule has 1 aromatic rings. The maximum atomic E-state index is 13.7. The Morgan fingerprint density at radius 2 is 1.96 bits per heavy atom. The summed E-state index contributed by atoms with van der Waals surface area (Å²) in [6.45, 7) is 6.30. The standard InChI is InChI=1S/C19H29ClFN3/c1-14-13-23(10-9-15-5-7-16(22)8-6-15)11-12-24(14)18-4-2-3-17(21)19(18)20/h2-4,14-16H,5-13,22H2,1H3/t14-,15-,16-/m1/s1. The van der Waals surface area contributed by atoms with Crippen LogP contribution in [0.4, 0.5) is 10.1 Å². The molecule has 3 nitrogen and oxygen atoms in total. The lowest BCUT2D eigenvalue weighted by molar-refractivity contribution is 0.198. The number of piperazine rings is 1. The van der Waals surface area contributed by atoms with E-state index in [1.807, 2.05) is 6.07 Å². The van der Waals surface area contributed by atoms with E-state index in [1.165, 1.54) is 38.2 Å². The second-order valence-electron chi connectivity index (χ2n) is 7.49. The second kappa shape index (κ2) is 8.03. The predicted octanol–water partition coefficient (Wildman–Crippen LogP) is 3.90. The molecular formula is C19H29ClFN3. The van der Waals surface area contributed by atoms with E-state index in [2.05, 4.69) is 16.7 Å². The molecule has 1 aliphatic heterocycles. The van der Waals surface area contributed by atoms with Gasteiger partial charge < -0.3 is 10.6 Å². The van der Waals surface area contributed by atoms with Crippen LogP contribution in [0, 0.1) is 11.7 Å². The van der Waals surface area contributed by atoms with Gasteiger partial charge in [-0.05, 0) is 63.6 Å². The zero-order chi connectivity index (χ0) is 17.1. The van der Waals surface area contributed by atoms with Crippen molar-refractivity contribution in [2.45, 2.75) is 51.1 Å². The largest absolute Gasteiger partial charge is 0.365 e. The Balaban J connectivity index is 1.51. The van der Waals surface area contributed by atoms with Crippen LogP contribution in [0.5, 0.6) is 0 Å². The van der Waals surface area contributed by atoms with Crippen molar-refractivity contribution in [1.29, 1.82) is 0 Å². The first-order chi connectivity index (χ1) is 11.5. The first-order valence-corrected chi connectivity index (χ1v) is 9.61. The molecule has 0 radical (unpaired) electrons. The van der Waals surface area contributed by atoms with Gasteiger partial charge in [-0.3, -0.25) is 4.90 Å². The van der Waals surface area contributed by atoms with E-state index >= 15 is 0 Å². The molecule has 0 spiro atoms. The van der Waals surface area contributed by atoms with E-state index in [1.54, 1.807) is 6.07 Å². The number of anilines is 1. The van der Waals surface area contributed by atoms with Gasteiger partial charge >= 0.3 is 0 Å². The van der Waals surface area contributed by atoms with Crippen molar-refractivity contribution in [2.75, 3.05) is 31.1 Å². The summed E-state index contributed by atoms with van der Waals surface area (Å²) in [6.07, 6.45) is 6.23. The van der Waals surface area contributed by atoms with Gasteiger partial charge in [-0.1, -0.05) is 17.7 Å². The average molecular weight is 354 g/mol. The summed E-state index contributed by atoms with van der Waals surface area (Å²) >= 11 is 6.16. The Hall–Kier alpha value is -0.840. The molecule has 1 atom stereocenters. The van der Waals surface area contributed by atoms with Gasteiger partial charge in [0.1, 0.15) is 5.82 Å². The summed E-state index contributed by atoms with van der Waals surface area (Å²) in [5, 5.41) is 0.247. The van der Waals surface area contributed by atoms with E-state index < -0.39 is 0 Å². The zero-order valence-electron chi connectivity index (χ0n) is 14.6. The third-order valence-corrected chi connectivity index (χ3v) is 6.07. The number of benzene rings is 1. The van der Waals surface area contributed by atoms with Crippen LogP contribution in [-0.4, -0.2) is 43.2 Å². The van der Waals surface area contributed by atoms with Crippen molar-refractivity contribution in [3.05, 3.63) is 29.0 Å². The lowest BCUT2D eigenvalue weighted by Crippen LogP contribution is -2.52. The molecule has 0 amide bonds. The summed E-state index contributed by atoms with van der Waals surface area (Å²) < 4.78 is 13.7. The Labute approximate surface area is 149 Å². The molecule has 1 heterocycles. The number of nitrogens with two attached hydrogens (primary N) is 1. The highest BCUT2D eigenvalue weighted by molar-refractivity contribution is 6.33. The molecule has 24 heavy (non-hydrogen) atoms. The van der Waals surface area contributed by atoms with Crippen molar-refractivity contribution in [3.8, 4) is 0 Å². The van der Waals surface area contributed by atoms with E-state index in [-0.39, 0.29) is 10.8 Å². The fourth-order valence-electron chi connectivity index (χ4n) is 4.15. The van der Waals surface area contributed by atoms with E-state index in [9.17, 15) is 4.39 Å². The smallest absolute Gasteiger partial charge is 0.143 e.